The summed E-state index contributed by atoms with van der Waals surface area (Å²) in [4.78, 5) is 24.3. The van der Waals surface area contributed by atoms with Crippen molar-refractivity contribution in [1.82, 2.24) is 5.32 Å². The Morgan fingerprint density at radius 2 is 1.96 bits per heavy atom. The molecule has 4 rings (SSSR count). The molecule has 5 heteroatoms. The number of alkyl halides is 1. The Bertz CT molecular complexity index is 904. The van der Waals surface area contributed by atoms with Gasteiger partial charge in [-0.3, -0.25) is 9.59 Å². The number of anilines is 1. The van der Waals surface area contributed by atoms with Gasteiger partial charge in [0.1, 0.15) is 0 Å². The minimum atomic E-state index is -0.115. The fourth-order valence-electron chi connectivity index (χ4n) is 3.44. The van der Waals surface area contributed by atoms with Gasteiger partial charge < -0.3 is 10.6 Å². The summed E-state index contributed by atoms with van der Waals surface area (Å²) in [6.45, 7) is 0. The van der Waals surface area contributed by atoms with Gasteiger partial charge in [0, 0.05) is 23.0 Å². The molecule has 2 aliphatic rings. The summed E-state index contributed by atoms with van der Waals surface area (Å²) in [7, 11) is 0. The van der Waals surface area contributed by atoms with Gasteiger partial charge in [-0.25, -0.2) is 0 Å². The maximum absolute atomic E-state index is 12.4. The van der Waals surface area contributed by atoms with Crippen LogP contribution in [-0.2, 0) is 4.79 Å². The summed E-state index contributed by atoms with van der Waals surface area (Å²) >= 11 is 3.33. The first-order valence-electron chi connectivity index (χ1n) is 8.29. The molecule has 4 nitrogen and oxygen atoms in total. The van der Waals surface area contributed by atoms with Crippen LogP contribution in [0.25, 0.3) is 11.6 Å². The topological polar surface area (TPSA) is 58.2 Å². The van der Waals surface area contributed by atoms with Gasteiger partial charge in [0.2, 0.25) is 5.91 Å². The molecular weight excluding hydrogens is 380 g/mol. The molecule has 0 aromatic heterocycles. The van der Waals surface area contributed by atoms with E-state index in [4.69, 9.17) is 0 Å². The molecular formula is C20H17BrN2O2. The second-order valence-corrected chi connectivity index (χ2v) is 7.03. The van der Waals surface area contributed by atoms with Gasteiger partial charge >= 0.3 is 0 Å². The number of hydrogen-bond acceptors (Lipinski definition) is 2. The highest BCUT2D eigenvalue weighted by atomic mass is 79.9. The first-order valence-corrected chi connectivity index (χ1v) is 9.41. The lowest BCUT2D eigenvalue weighted by atomic mass is 9.90. The number of rotatable bonds is 4. The van der Waals surface area contributed by atoms with E-state index in [0.29, 0.717) is 12.0 Å². The molecule has 2 aromatic carbocycles. The summed E-state index contributed by atoms with van der Waals surface area (Å²) in [5.74, 6) is -0.0288. The minimum absolute atomic E-state index is 0.0149. The van der Waals surface area contributed by atoms with Gasteiger partial charge in [-0.2, -0.15) is 0 Å². The third-order valence-electron chi connectivity index (χ3n) is 4.60. The quantitative estimate of drug-likeness (QED) is 0.762. The average Bonchev–Trinajstić information content (AvgIpc) is 2.98. The molecule has 0 bridgehead atoms. The zero-order chi connectivity index (χ0) is 17.4. The predicted molar refractivity (Wildman–Crippen MR) is 103 cm³/mol. The number of fused-ring (bicyclic) bond motifs is 5. The average molecular weight is 397 g/mol. The van der Waals surface area contributed by atoms with Gasteiger partial charge in [-0.15, -0.1) is 0 Å². The molecule has 1 aliphatic heterocycles. The Morgan fingerprint density at radius 3 is 2.76 bits per heavy atom. The molecule has 1 aliphatic carbocycles. The van der Waals surface area contributed by atoms with Crippen molar-refractivity contribution in [1.29, 1.82) is 0 Å². The lowest BCUT2D eigenvalue weighted by Gasteiger charge is -2.26. The fraction of sp³-hybridized carbons (Fsp3) is 0.200. The van der Waals surface area contributed by atoms with E-state index in [-0.39, 0.29) is 17.9 Å². The van der Waals surface area contributed by atoms with Gasteiger partial charge in [0.15, 0.2) is 0 Å². The fourth-order valence-corrected chi connectivity index (χ4v) is 3.72. The van der Waals surface area contributed by atoms with Crippen LogP contribution in [-0.4, -0.2) is 17.1 Å². The highest BCUT2D eigenvalue weighted by molar-refractivity contribution is 9.09. The Morgan fingerprint density at radius 1 is 1.16 bits per heavy atom. The highest BCUT2D eigenvalue weighted by Crippen LogP contribution is 2.44. The number of benzene rings is 2. The summed E-state index contributed by atoms with van der Waals surface area (Å²) < 4.78 is 0. The highest BCUT2D eigenvalue weighted by Gasteiger charge is 2.34. The SMILES string of the molecule is O=C(CCCBr)Nc1ccc2c(c1)C=C1c3ccccc3C(=O)NC12. The van der Waals surface area contributed by atoms with Crippen LogP contribution in [0, 0.1) is 0 Å². The van der Waals surface area contributed by atoms with Crippen LogP contribution in [0.3, 0.4) is 0 Å². The van der Waals surface area contributed by atoms with Gasteiger partial charge in [0.25, 0.3) is 5.91 Å². The Kier molecular flexibility index (Phi) is 4.17. The lowest BCUT2D eigenvalue weighted by Crippen LogP contribution is -2.33. The van der Waals surface area contributed by atoms with Crippen molar-refractivity contribution in [2.75, 3.05) is 10.6 Å². The molecule has 1 atom stereocenters. The Hall–Kier alpha value is -2.40. The maximum Gasteiger partial charge on any atom is 0.252 e. The summed E-state index contributed by atoms with van der Waals surface area (Å²) in [6.07, 6.45) is 3.41. The largest absolute Gasteiger partial charge is 0.341 e. The van der Waals surface area contributed by atoms with Crippen molar-refractivity contribution in [2.24, 2.45) is 0 Å². The van der Waals surface area contributed by atoms with E-state index >= 15 is 0 Å². The van der Waals surface area contributed by atoms with Gasteiger partial charge in [0.05, 0.1) is 6.04 Å². The molecule has 126 valence electrons. The number of hydrogen-bond donors (Lipinski definition) is 2. The molecule has 2 aromatic rings. The molecule has 0 saturated heterocycles. The molecule has 2 N–H and O–H groups in total. The number of nitrogens with one attached hydrogen (secondary N) is 2. The number of halogens is 1. The van der Waals surface area contributed by atoms with E-state index in [1.165, 1.54) is 0 Å². The molecule has 0 saturated carbocycles. The molecule has 0 spiro atoms. The normalized spacial score (nSPS) is 17.1. The first-order chi connectivity index (χ1) is 12.2. The zero-order valence-electron chi connectivity index (χ0n) is 13.5. The van der Waals surface area contributed by atoms with E-state index in [1.807, 2.05) is 42.5 Å². The van der Waals surface area contributed by atoms with E-state index in [9.17, 15) is 9.59 Å². The number of amides is 2. The van der Waals surface area contributed by atoms with Crippen LogP contribution in [0.15, 0.2) is 42.5 Å². The number of carbonyl (C=O) groups excluding carboxylic acids is 2. The van der Waals surface area contributed by atoms with Crippen LogP contribution >= 0.6 is 15.9 Å². The smallest absolute Gasteiger partial charge is 0.252 e. The van der Waals surface area contributed by atoms with Crippen molar-refractivity contribution in [3.63, 3.8) is 0 Å². The second kappa shape index (κ2) is 6.48. The number of carbonyl (C=O) groups is 2. The molecule has 2 amide bonds. The van der Waals surface area contributed by atoms with E-state index < -0.39 is 0 Å². The zero-order valence-corrected chi connectivity index (χ0v) is 15.1. The summed E-state index contributed by atoms with van der Waals surface area (Å²) in [5, 5.41) is 6.84. The van der Waals surface area contributed by atoms with Crippen LogP contribution in [0.2, 0.25) is 0 Å². The molecule has 25 heavy (non-hydrogen) atoms. The van der Waals surface area contributed by atoms with Crippen molar-refractivity contribution >= 4 is 45.1 Å². The van der Waals surface area contributed by atoms with E-state index in [0.717, 1.165) is 39.7 Å². The third kappa shape index (κ3) is 2.89. The Balaban J connectivity index is 1.65. The van der Waals surface area contributed by atoms with Gasteiger partial charge in [-0.1, -0.05) is 40.2 Å². The Labute approximate surface area is 154 Å². The van der Waals surface area contributed by atoms with Crippen LogP contribution < -0.4 is 10.6 Å². The third-order valence-corrected chi connectivity index (χ3v) is 5.16. The predicted octanol–water partition coefficient (Wildman–Crippen LogP) is 4.14. The van der Waals surface area contributed by atoms with Crippen LogP contribution in [0.1, 0.15) is 45.9 Å². The second-order valence-electron chi connectivity index (χ2n) is 6.24. The maximum atomic E-state index is 12.4. The van der Waals surface area contributed by atoms with Crippen LogP contribution in [0.5, 0.6) is 0 Å². The van der Waals surface area contributed by atoms with Crippen molar-refractivity contribution in [2.45, 2.75) is 18.9 Å². The van der Waals surface area contributed by atoms with Gasteiger partial charge in [-0.05, 0) is 53.0 Å². The molecule has 0 radical (unpaired) electrons. The summed E-state index contributed by atoms with van der Waals surface area (Å²) in [5.41, 5.74) is 5.68. The summed E-state index contributed by atoms with van der Waals surface area (Å²) in [6, 6.07) is 13.4. The van der Waals surface area contributed by atoms with Crippen molar-refractivity contribution < 1.29 is 9.59 Å². The van der Waals surface area contributed by atoms with Crippen molar-refractivity contribution in [3.05, 3.63) is 64.7 Å². The first kappa shape index (κ1) is 16.1. The van der Waals surface area contributed by atoms with E-state index in [1.54, 1.807) is 0 Å². The van der Waals surface area contributed by atoms with E-state index in [2.05, 4.69) is 32.6 Å². The van der Waals surface area contributed by atoms with Crippen LogP contribution in [0.4, 0.5) is 5.69 Å². The molecule has 1 heterocycles. The lowest BCUT2D eigenvalue weighted by molar-refractivity contribution is -0.116. The monoisotopic (exact) mass is 396 g/mol. The van der Waals surface area contributed by atoms with Crippen molar-refractivity contribution in [3.8, 4) is 0 Å². The standard InChI is InChI=1S/C20H17BrN2O2/c21-9-3-6-18(24)22-13-7-8-14-12(10-13)11-17-15-4-1-2-5-16(15)20(25)23-19(14)17/h1-2,4-5,7-8,10-11,19H,3,6,9H2,(H,22,24)(H,23,25). The molecule has 0 fully saturated rings. The minimum Gasteiger partial charge on any atom is -0.341 e. The molecule has 1 unspecified atom stereocenters.